The van der Waals surface area contributed by atoms with Crippen molar-refractivity contribution in [1.82, 2.24) is 4.90 Å². The second kappa shape index (κ2) is 5.85. The van der Waals surface area contributed by atoms with E-state index in [9.17, 15) is 0 Å². The Labute approximate surface area is 108 Å². The highest BCUT2D eigenvalue weighted by atomic mass is 127. The highest BCUT2D eigenvalue weighted by Crippen LogP contribution is 2.30. The first-order valence-corrected chi connectivity index (χ1v) is 7.85. The molecule has 2 fully saturated rings. The van der Waals surface area contributed by atoms with Crippen molar-refractivity contribution < 1.29 is 0 Å². The van der Waals surface area contributed by atoms with Crippen molar-refractivity contribution >= 4 is 22.6 Å². The van der Waals surface area contributed by atoms with Crippen LogP contribution in [0.1, 0.15) is 45.4 Å². The number of nitrogens with zero attached hydrogens (tertiary/aromatic N) is 1. The molecule has 0 aromatic heterocycles. The molecule has 0 aromatic carbocycles. The molecule has 1 aliphatic carbocycles. The molecule has 2 rings (SSSR count). The third kappa shape index (κ3) is 3.88. The molecule has 15 heavy (non-hydrogen) atoms. The summed E-state index contributed by atoms with van der Waals surface area (Å²) in [7, 11) is 0. The summed E-state index contributed by atoms with van der Waals surface area (Å²) in [4.78, 5) is 2.72. The largest absolute Gasteiger partial charge is 0.303 e. The fraction of sp³-hybridized carbons (Fsp3) is 1.00. The number of likely N-dealkylation sites (tertiary alicyclic amines) is 1. The lowest BCUT2D eigenvalue weighted by Gasteiger charge is -2.35. The summed E-state index contributed by atoms with van der Waals surface area (Å²) >= 11 is 2.63. The average molecular weight is 321 g/mol. The first kappa shape index (κ1) is 12.2. The lowest BCUT2D eigenvalue weighted by atomic mass is 9.88. The van der Waals surface area contributed by atoms with E-state index >= 15 is 0 Å². The minimum Gasteiger partial charge on any atom is -0.303 e. The van der Waals surface area contributed by atoms with Crippen molar-refractivity contribution in [3.63, 3.8) is 0 Å². The fourth-order valence-electron chi connectivity index (χ4n) is 2.91. The van der Waals surface area contributed by atoms with Gasteiger partial charge in [0.2, 0.25) is 0 Å². The molecule has 0 aromatic rings. The van der Waals surface area contributed by atoms with Crippen LogP contribution in [-0.4, -0.2) is 28.5 Å². The molecule has 1 aliphatic heterocycles. The lowest BCUT2D eigenvalue weighted by molar-refractivity contribution is 0.152. The van der Waals surface area contributed by atoms with Crippen molar-refractivity contribution in [2.45, 2.75) is 49.4 Å². The van der Waals surface area contributed by atoms with Gasteiger partial charge < -0.3 is 4.90 Å². The predicted octanol–water partition coefficient (Wildman–Crippen LogP) is 3.71. The lowest BCUT2D eigenvalue weighted by Crippen LogP contribution is -2.37. The molecule has 0 spiro atoms. The highest BCUT2D eigenvalue weighted by Gasteiger charge is 2.23. The molecule has 2 heteroatoms. The predicted molar refractivity (Wildman–Crippen MR) is 74.6 cm³/mol. The van der Waals surface area contributed by atoms with Gasteiger partial charge in [-0.2, -0.15) is 0 Å². The molecule has 0 atom stereocenters. The van der Waals surface area contributed by atoms with E-state index < -0.39 is 0 Å². The zero-order valence-electron chi connectivity index (χ0n) is 9.92. The van der Waals surface area contributed by atoms with Gasteiger partial charge in [0.1, 0.15) is 0 Å². The zero-order chi connectivity index (χ0) is 10.7. The number of alkyl halides is 1. The molecule has 1 saturated carbocycles. The molecule has 2 aliphatic rings. The Balaban J connectivity index is 1.68. The van der Waals surface area contributed by atoms with E-state index in [4.69, 9.17) is 0 Å². The molecule has 1 heterocycles. The molecule has 88 valence electrons. The van der Waals surface area contributed by atoms with E-state index in [0.29, 0.717) is 0 Å². The number of hydrogen-bond donors (Lipinski definition) is 0. The van der Waals surface area contributed by atoms with Gasteiger partial charge in [0, 0.05) is 10.5 Å². The maximum atomic E-state index is 2.72. The van der Waals surface area contributed by atoms with E-state index in [2.05, 4.69) is 34.4 Å². The van der Waals surface area contributed by atoms with Crippen molar-refractivity contribution in [2.24, 2.45) is 11.8 Å². The Morgan fingerprint density at radius 2 is 1.60 bits per heavy atom. The zero-order valence-corrected chi connectivity index (χ0v) is 12.1. The van der Waals surface area contributed by atoms with E-state index in [0.717, 1.165) is 15.8 Å². The molecule has 1 nitrogen and oxygen atoms in total. The number of halogens is 1. The summed E-state index contributed by atoms with van der Waals surface area (Å²) in [6, 6.07) is 0. The molecule has 0 unspecified atom stereocenters. The third-order valence-electron chi connectivity index (χ3n) is 4.17. The van der Waals surface area contributed by atoms with Crippen molar-refractivity contribution in [3.8, 4) is 0 Å². The van der Waals surface area contributed by atoms with Crippen LogP contribution in [0, 0.1) is 11.8 Å². The van der Waals surface area contributed by atoms with Gasteiger partial charge in [-0.15, -0.1) is 0 Å². The minimum absolute atomic E-state index is 0.972. The van der Waals surface area contributed by atoms with Crippen LogP contribution in [-0.2, 0) is 0 Å². The van der Waals surface area contributed by atoms with Crippen LogP contribution in [0.5, 0.6) is 0 Å². The van der Waals surface area contributed by atoms with E-state index in [1.165, 1.54) is 58.2 Å². The topological polar surface area (TPSA) is 3.24 Å². The molecular formula is C13H24IN. The molecule has 0 bridgehead atoms. The van der Waals surface area contributed by atoms with Crippen LogP contribution in [0.15, 0.2) is 0 Å². The summed E-state index contributed by atoms with van der Waals surface area (Å²) in [5.41, 5.74) is 0. The quantitative estimate of drug-likeness (QED) is 0.553. The summed E-state index contributed by atoms with van der Waals surface area (Å²) in [6.45, 7) is 6.53. The van der Waals surface area contributed by atoms with Crippen LogP contribution in [0.25, 0.3) is 0 Å². The fourth-order valence-corrected chi connectivity index (χ4v) is 3.63. The number of rotatable bonds is 2. The summed E-state index contributed by atoms with van der Waals surface area (Å²) in [5.74, 6) is 2.00. The van der Waals surface area contributed by atoms with E-state index in [1.54, 1.807) is 0 Å². The Bertz CT molecular complexity index is 159. The summed E-state index contributed by atoms with van der Waals surface area (Å²) in [6.07, 6.45) is 8.77. The second-order valence-electron chi connectivity index (χ2n) is 5.60. The molecular weight excluding hydrogens is 297 g/mol. The smallest absolute Gasteiger partial charge is 0.0110 e. The molecule has 0 N–H and O–H groups in total. The first-order valence-electron chi connectivity index (χ1n) is 6.60. The van der Waals surface area contributed by atoms with Gasteiger partial charge in [-0.25, -0.2) is 0 Å². The summed E-state index contributed by atoms with van der Waals surface area (Å²) < 4.78 is 0.972. The van der Waals surface area contributed by atoms with Gasteiger partial charge in [0.15, 0.2) is 0 Å². The van der Waals surface area contributed by atoms with Gasteiger partial charge in [-0.05, 0) is 63.5 Å². The van der Waals surface area contributed by atoms with Gasteiger partial charge in [-0.3, -0.25) is 0 Å². The van der Waals surface area contributed by atoms with Crippen LogP contribution in [0.2, 0.25) is 0 Å². The standard InChI is InChI=1S/C13H24IN/c1-11-6-8-15(9-7-11)10-12-2-4-13(14)5-3-12/h11-13H,2-10H2,1H3/t12-,13-. The summed E-state index contributed by atoms with van der Waals surface area (Å²) in [5, 5.41) is 0. The Morgan fingerprint density at radius 3 is 2.20 bits per heavy atom. The van der Waals surface area contributed by atoms with Gasteiger partial charge in [0.05, 0.1) is 0 Å². The number of hydrogen-bond acceptors (Lipinski definition) is 1. The van der Waals surface area contributed by atoms with Crippen molar-refractivity contribution in [2.75, 3.05) is 19.6 Å². The Morgan fingerprint density at radius 1 is 1.00 bits per heavy atom. The van der Waals surface area contributed by atoms with Gasteiger partial charge in [0.25, 0.3) is 0 Å². The average Bonchev–Trinajstić information content (AvgIpc) is 2.25. The van der Waals surface area contributed by atoms with Crippen LogP contribution >= 0.6 is 22.6 Å². The second-order valence-corrected chi connectivity index (χ2v) is 7.36. The van der Waals surface area contributed by atoms with E-state index in [1.807, 2.05) is 0 Å². The Kier molecular flexibility index (Phi) is 4.74. The Hall–Kier alpha value is 0.690. The first-order chi connectivity index (χ1) is 7.24. The van der Waals surface area contributed by atoms with Crippen LogP contribution in [0.3, 0.4) is 0 Å². The minimum atomic E-state index is 0.972. The normalized spacial score (nSPS) is 35.6. The van der Waals surface area contributed by atoms with Crippen molar-refractivity contribution in [1.29, 1.82) is 0 Å². The third-order valence-corrected chi connectivity index (χ3v) is 5.41. The van der Waals surface area contributed by atoms with Crippen LogP contribution < -0.4 is 0 Å². The maximum Gasteiger partial charge on any atom is 0.0110 e. The molecule has 1 saturated heterocycles. The number of piperidine rings is 1. The SMILES string of the molecule is CC1CCN(C[C@H]2CC[C@H](I)CC2)CC1. The van der Waals surface area contributed by atoms with E-state index in [-0.39, 0.29) is 0 Å². The molecule has 0 radical (unpaired) electrons. The maximum absolute atomic E-state index is 2.72. The van der Waals surface area contributed by atoms with Crippen LogP contribution in [0.4, 0.5) is 0 Å². The van der Waals surface area contributed by atoms with Crippen molar-refractivity contribution in [3.05, 3.63) is 0 Å². The van der Waals surface area contributed by atoms with Gasteiger partial charge >= 0.3 is 0 Å². The van der Waals surface area contributed by atoms with Gasteiger partial charge in [-0.1, -0.05) is 29.5 Å². The monoisotopic (exact) mass is 321 g/mol. The molecule has 0 amide bonds. The highest BCUT2D eigenvalue weighted by molar-refractivity contribution is 14.1.